The molecule has 0 aliphatic heterocycles. The van der Waals surface area contributed by atoms with Crippen LogP contribution in [0.4, 0.5) is 9.59 Å². The van der Waals surface area contributed by atoms with E-state index in [0.29, 0.717) is 0 Å². The van der Waals surface area contributed by atoms with Crippen molar-refractivity contribution in [1.29, 1.82) is 0 Å². The third kappa shape index (κ3) is 23.7. The van der Waals surface area contributed by atoms with Gasteiger partial charge in [0.05, 0.1) is 0 Å². The van der Waals surface area contributed by atoms with Gasteiger partial charge in [0.15, 0.2) is 0 Å². The third-order valence-electron chi connectivity index (χ3n) is 1.95. The highest BCUT2D eigenvalue weighted by molar-refractivity contribution is 6.79. The molecule has 0 heterocycles. The van der Waals surface area contributed by atoms with Crippen LogP contribution in [-0.4, -0.2) is 45.0 Å². The maximum atomic E-state index is 11.3. The van der Waals surface area contributed by atoms with Gasteiger partial charge >= 0.3 is 0 Å². The van der Waals surface area contributed by atoms with Gasteiger partial charge in [-0.2, -0.15) is 0 Å². The predicted octanol–water partition coefficient (Wildman–Crippen LogP) is 3.91. The standard InChI is InChI=1S/2C7H20N2OSi2/c2*1-11(2,3)8-7(10)9-12(4,5)6/h2*1-6H3,(H2,8,9,10). The Kier molecular flexibility index (Phi) is 9.83. The molecule has 0 aliphatic carbocycles. The van der Waals surface area contributed by atoms with Gasteiger partial charge in [0, 0.05) is 0 Å². The molecule has 0 fully saturated rings. The van der Waals surface area contributed by atoms with Crippen molar-refractivity contribution >= 4 is 45.0 Å². The zero-order chi connectivity index (χ0) is 20.0. The molecule has 0 saturated heterocycles. The van der Waals surface area contributed by atoms with Crippen LogP contribution in [0.25, 0.3) is 0 Å². The van der Waals surface area contributed by atoms with E-state index in [-0.39, 0.29) is 12.1 Å². The van der Waals surface area contributed by atoms with Crippen LogP contribution in [0.5, 0.6) is 0 Å². The Hall–Kier alpha value is -0.592. The van der Waals surface area contributed by atoms with Crippen LogP contribution in [0.15, 0.2) is 0 Å². The van der Waals surface area contributed by atoms with Crippen LogP contribution in [0.1, 0.15) is 0 Å². The van der Waals surface area contributed by atoms with E-state index in [1.165, 1.54) is 0 Å². The van der Waals surface area contributed by atoms with Crippen LogP contribution in [0.2, 0.25) is 78.6 Å². The second kappa shape index (κ2) is 9.20. The zero-order valence-corrected chi connectivity index (χ0v) is 21.8. The number of nitrogens with one attached hydrogen (secondary N) is 4. The maximum Gasteiger partial charge on any atom is 0.298 e. The first-order chi connectivity index (χ1) is 10.2. The average Bonchev–Trinajstić information content (AvgIpc) is 2.02. The van der Waals surface area contributed by atoms with E-state index in [9.17, 15) is 9.59 Å². The monoisotopic (exact) mass is 408 g/mol. The van der Waals surface area contributed by atoms with Crippen LogP contribution in [0.3, 0.4) is 0 Å². The minimum Gasteiger partial charge on any atom is -0.366 e. The Bertz CT molecular complexity index is 342. The molecule has 0 spiro atoms. The second-order valence-electron chi connectivity index (χ2n) is 10.2. The highest BCUT2D eigenvalue weighted by atomic mass is 28.3. The fraction of sp³-hybridized carbons (Fsp3) is 0.857. The zero-order valence-electron chi connectivity index (χ0n) is 17.8. The number of amides is 4. The number of hydrogen-bond donors (Lipinski definition) is 4. The lowest BCUT2D eigenvalue weighted by atomic mass is 11.2. The van der Waals surface area contributed by atoms with Gasteiger partial charge in [-0.15, -0.1) is 0 Å². The van der Waals surface area contributed by atoms with E-state index >= 15 is 0 Å². The van der Waals surface area contributed by atoms with Gasteiger partial charge in [-0.05, 0) is 0 Å². The van der Waals surface area contributed by atoms with E-state index < -0.39 is 32.9 Å². The van der Waals surface area contributed by atoms with Crippen molar-refractivity contribution in [3.63, 3.8) is 0 Å². The van der Waals surface area contributed by atoms with Gasteiger partial charge in [-0.3, -0.25) is 9.59 Å². The summed E-state index contributed by atoms with van der Waals surface area (Å²) in [4.78, 5) is 34.6. The molecule has 0 bridgehead atoms. The first-order valence-corrected chi connectivity index (χ1v) is 22.4. The molecule has 0 saturated carbocycles. The molecule has 0 unspecified atom stereocenters. The number of carbonyl (C=O) groups is 2. The van der Waals surface area contributed by atoms with E-state index in [1.807, 2.05) is 0 Å². The predicted molar refractivity (Wildman–Crippen MR) is 117 cm³/mol. The van der Waals surface area contributed by atoms with Gasteiger partial charge in [-0.25, -0.2) is 0 Å². The van der Waals surface area contributed by atoms with Gasteiger partial charge in [0.2, 0.25) is 0 Å². The van der Waals surface area contributed by atoms with Gasteiger partial charge in [0.1, 0.15) is 32.9 Å². The SMILES string of the molecule is C[Si](C)(C)NC(=O)N[Si](C)(C)C.C[Si](C)(C)NC(=O)N[Si](C)(C)C. The molecule has 0 aromatic carbocycles. The fourth-order valence-electron chi connectivity index (χ4n) is 1.42. The lowest BCUT2D eigenvalue weighted by molar-refractivity contribution is 0.249. The molecule has 0 aliphatic rings. The summed E-state index contributed by atoms with van der Waals surface area (Å²) in [5.74, 6) is 0. The van der Waals surface area contributed by atoms with E-state index in [2.05, 4.69) is 98.5 Å². The van der Waals surface area contributed by atoms with Crippen molar-refractivity contribution in [2.24, 2.45) is 0 Å². The minimum absolute atomic E-state index is 0.00772. The van der Waals surface area contributed by atoms with E-state index in [0.717, 1.165) is 0 Å². The first kappa shape index (κ1) is 25.6. The number of rotatable bonds is 4. The number of carbonyl (C=O) groups excluding carboxylic acids is 2. The van der Waals surface area contributed by atoms with Crippen molar-refractivity contribution in [3.05, 3.63) is 0 Å². The van der Waals surface area contributed by atoms with Crippen LogP contribution in [-0.2, 0) is 0 Å². The molecular formula is C14H40N4O2Si4. The molecule has 0 aromatic heterocycles. The van der Waals surface area contributed by atoms with Gasteiger partial charge < -0.3 is 19.9 Å². The van der Waals surface area contributed by atoms with Crippen LogP contribution in [0, 0.1) is 0 Å². The quantitative estimate of drug-likeness (QED) is 0.532. The Balaban J connectivity index is 0. The first-order valence-electron chi connectivity index (χ1n) is 8.41. The molecule has 0 aromatic rings. The van der Waals surface area contributed by atoms with Crippen molar-refractivity contribution in [2.45, 2.75) is 78.6 Å². The van der Waals surface area contributed by atoms with Gasteiger partial charge in [-0.1, -0.05) is 78.6 Å². The molecule has 6 nitrogen and oxygen atoms in total. The van der Waals surface area contributed by atoms with Crippen molar-refractivity contribution in [3.8, 4) is 0 Å². The number of hydrogen-bond acceptors (Lipinski definition) is 2. The van der Waals surface area contributed by atoms with Crippen molar-refractivity contribution < 1.29 is 9.59 Å². The van der Waals surface area contributed by atoms with Crippen molar-refractivity contribution in [2.75, 3.05) is 0 Å². The summed E-state index contributed by atoms with van der Waals surface area (Å²) >= 11 is 0. The maximum absolute atomic E-state index is 11.3. The Labute approximate surface area is 153 Å². The Morgan fingerprint density at radius 3 is 0.625 bits per heavy atom. The van der Waals surface area contributed by atoms with E-state index in [4.69, 9.17) is 0 Å². The highest BCUT2D eigenvalue weighted by Crippen LogP contribution is 1.98. The normalized spacial score (nSPS) is 12.5. The summed E-state index contributed by atoms with van der Waals surface area (Å²) < 4.78 is 0. The number of urea groups is 2. The molecule has 4 N–H and O–H groups in total. The molecular weight excluding hydrogens is 369 g/mol. The molecule has 0 rings (SSSR count). The fourth-order valence-corrected chi connectivity index (χ4v) is 4.65. The molecule has 144 valence electrons. The lowest BCUT2D eigenvalue weighted by Crippen LogP contribution is -2.56. The summed E-state index contributed by atoms with van der Waals surface area (Å²) in [5.41, 5.74) is 0. The topological polar surface area (TPSA) is 82.3 Å². The van der Waals surface area contributed by atoms with Gasteiger partial charge in [0.25, 0.3) is 12.1 Å². The van der Waals surface area contributed by atoms with Crippen LogP contribution < -0.4 is 19.9 Å². The van der Waals surface area contributed by atoms with E-state index in [1.54, 1.807) is 0 Å². The second-order valence-corrected chi connectivity index (χ2v) is 29.2. The summed E-state index contributed by atoms with van der Waals surface area (Å²) in [6, 6.07) is 0.0154. The highest BCUT2D eigenvalue weighted by Gasteiger charge is 2.22. The lowest BCUT2D eigenvalue weighted by Gasteiger charge is -2.23. The third-order valence-corrected chi connectivity index (χ3v) is 5.86. The molecule has 24 heavy (non-hydrogen) atoms. The molecule has 0 atom stereocenters. The summed E-state index contributed by atoms with van der Waals surface area (Å²) in [5, 5.41) is 0. The molecule has 4 amide bonds. The summed E-state index contributed by atoms with van der Waals surface area (Å²) in [6.45, 7) is 25.3. The summed E-state index contributed by atoms with van der Waals surface area (Å²) in [6.07, 6.45) is 0. The molecule has 0 radical (unpaired) electrons. The smallest absolute Gasteiger partial charge is 0.298 e. The Morgan fingerprint density at radius 1 is 0.417 bits per heavy atom. The largest absolute Gasteiger partial charge is 0.366 e. The average molecular weight is 409 g/mol. The van der Waals surface area contributed by atoms with Crippen molar-refractivity contribution in [1.82, 2.24) is 19.9 Å². The van der Waals surface area contributed by atoms with Crippen LogP contribution >= 0.6 is 0 Å². The summed E-state index contributed by atoms with van der Waals surface area (Å²) in [7, 11) is -5.84. The minimum atomic E-state index is -1.46. The Morgan fingerprint density at radius 2 is 0.542 bits per heavy atom. The molecule has 10 heteroatoms.